The zero-order valence-corrected chi connectivity index (χ0v) is 12.9. The first-order valence-electron chi connectivity index (χ1n) is 6.71. The van der Waals surface area contributed by atoms with Crippen LogP contribution in [0, 0.1) is 6.92 Å². The topological polar surface area (TPSA) is 72.9 Å². The van der Waals surface area contributed by atoms with Crippen LogP contribution in [0.3, 0.4) is 0 Å². The fourth-order valence-electron chi connectivity index (χ4n) is 2.31. The fourth-order valence-corrected chi connectivity index (χ4v) is 2.48. The highest BCUT2D eigenvalue weighted by Crippen LogP contribution is 2.22. The highest BCUT2D eigenvalue weighted by molar-refractivity contribution is 6.30. The van der Waals surface area contributed by atoms with Crippen molar-refractivity contribution in [1.29, 1.82) is 0 Å². The molecule has 0 aliphatic rings. The summed E-state index contributed by atoms with van der Waals surface area (Å²) in [6.07, 6.45) is 4.37. The zero-order valence-electron chi connectivity index (χ0n) is 12.1. The zero-order chi connectivity index (χ0) is 15.0. The van der Waals surface area contributed by atoms with E-state index < -0.39 is 0 Å². The maximum Gasteiger partial charge on any atom is 0.255 e. The van der Waals surface area contributed by atoms with Crippen molar-refractivity contribution in [1.82, 2.24) is 29.4 Å². The Labute approximate surface area is 127 Å². The standard InChI is InChI=1S/C13H16ClN7/c1-4-10-9(6-20(3)19-10)5-15-12-8(2)11(14)18-13-16-7-17-21(12)13/h6-7,15H,4-5H2,1-3H3. The molecule has 0 radical (unpaired) electrons. The SMILES string of the molecule is CCc1nn(C)cc1CNc1c(C)c(Cl)nc2ncnn12. The third-order valence-corrected chi connectivity index (χ3v) is 3.75. The van der Waals surface area contributed by atoms with Crippen LogP contribution < -0.4 is 5.32 Å². The Balaban J connectivity index is 1.94. The third-order valence-electron chi connectivity index (χ3n) is 3.38. The van der Waals surface area contributed by atoms with Gasteiger partial charge < -0.3 is 5.32 Å². The molecule has 21 heavy (non-hydrogen) atoms. The minimum Gasteiger partial charge on any atom is -0.365 e. The molecule has 0 atom stereocenters. The summed E-state index contributed by atoms with van der Waals surface area (Å²) >= 11 is 6.15. The second-order valence-corrected chi connectivity index (χ2v) is 5.19. The lowest BCUT2D eigenvalue weighted by Crippen LogP contribution is -2.09. The molecule has 3 heterocycles. The molecule has 1 N–H and O–H groups in total. The van der Waals surface area contributed by atoms with Gasteiger partial charge in [-0.25, -0.2) is 0 Å². The summed E-state index contributed by atoms with van der Waals surface area (Å²) in [5, 5.41) is 12.4. The lowest BCUT2D eigenvalue weighted by Gasteiger charge is -2.11. The molecule has 0 saturated heterocycles. The smallest absolute Gasteiger partial charge is 0.255 e. The van der Waals surface area contributed by atoms with Crippen molar-refractivity contribution in [3.63, 3.8) is 0 Å². The Morgan fingerprint density at radius 3 is 2.95 bits per heavy atom. The van der Waals surface area contributed by atoms with Gasteiger partial charge in [-0.15, -0.1) is 0 Å². The normalized spacial score (nSPS) is 11.2. The van der Waals surface area contributed by atoms with Crippen LogP contribution in [0.1, 0.15) is 23.7 Å². The predicted octanol–water partition coefficient (Wildman–Crippen LogP) is 1.99. The van der Waals surface area contributed by atoms with Crippen molar-refractivity contribution >= 4 is 23.2 Å². The summed E-state index contributed by atoms with van der Waals surface area (Å²) in [6.45, 7) is 4.64. The van der Waals surface area contributed by atoms with Gasteiger partial charge in [0.2, 0.25) is 0 Å². The van der Waals surface area contributed by atoms with E-state index in [1.165, 1.54) is 6.33 Å². The van der Waals surface area contributed by atoms with Crippen molar-refractivity contribution in [3.8, 4) is 0 Å². The van der Waals surface area contributed by atoms with E-state index in [0.717, 1.165) is 29.1 Å². The van der Waals surface area contributed by atoms with Gasteiger partial charge in [0.05, 0.1) is 5.69 Å². The quantitative estimate of drug-likeness (QED) is 0.746. The molecular formula is C13H16ClN7. The van der Waals surface area contributed by atoms with Crippen LogP contribution in [0.2, 0.25) is 5.15 Å². The molecule has 3 aromatic heterocycles. The van der Waals surface area contributed by atoms with Crippen molar-refractivity contribution in [2.75, 3.05) is 5.32 Å². The Morgan fingerprint density at radius 2 is 2.19 bits per heavy atom. The maximum absolute atomic E-state index is 6.15. The highest BCUT2D eigenvalue weighted by Gasteiger charge is 2.13. The van der Waals surface area contributed by atoms with Gasteiger partial charge in [0.1, 0.15) is 17.3 Å². The maximum atomic E-state index is 6.15. The number of aryl methyl sites for hydroxylation is 2. The van der Waals surface area contributed by atoms with Crippen LogP contribution in [-0.2, 0) is 20.0 Å². The molecule has 0 aliphatic heterocycles. The molecule has 0 aromatic carbocycles. The minimum atomic E-state index is 0.430. The summed E-state index contributed by atoms with van der Waals surface area (Å²) in [4.78, 5) is 8.26. The third kappa shape index (κ3) is 2.44. The van der Waals surface area contributed by atoms with E-state index in [0.29, 0.717) is 17.5 Å². The number of nitrogens with zero attached hydrogens (tertiary/aromatic N) is 6. The Bertz CT molecular complexity index is 789. The van der Waals surface area contributed by atoms with E-state index in [1.807, 2.05) is 24.9 Å². The molecule has 3 aromatic rings. The average Bonchev–Trinajstić information content (AvgIpc) is 3.05. The second kappa shape index (κ2) is 5.33. The van der Waals surface area contributed by atoms with Crippen LogP contribution in [0.25, 0.3) is 5.78 Å². The summed E-state index contributed by atoms with van der Waals surface area (Å²) < 4.78 is 3.48. The molecule has 0 amide bonds. The first-order chi connectivity index (χ1) is 10.1. The van der Waals surface area contributed by atoms with Crippen molar-refractivity contribution < 1.29 is 0 Å². The van der Waals surface area contributed by atoms with Gasteiger partial charge in [-0.1, -0.05) is 18.5 Å². The number of anilines is 1. The Hall–Kier alpha value is -2.15. The number of halogens is 1. The summed E-state index contributed by atoms with van der Waals surface area (Å²) in [5.74, 6) is 1.28. The molecule has 3 rings (SSSR count). The number of aromatic nitrogens is 6. The van der Waals surface area contributed by atoms with Gasteiger partial charge in [-0.05, 0) is 13.3 Å². The van der Waals surface area contributed by atoms with Gasteiger partial charge in [-0.3, -0.25) is 4.68 Å². The van der Waals surface area contributed by atoms with E-state index in [1.54, 1.807) is 4.52 Å². The lowest BCUT2D eigenvalue weighted by molar-refractivity contribution is 0.746. The summed E-state index contributed by atoms with van der Waals surface area (Å²) in [5.41, 5.74) is 3.08. The Kier molecular flexibility index (Phi) is 3.50. The predicted molar refractivity (Wildman–Crippen MR) is 80.4 cm³/mol. The molecular weight excluding hydrogens is 290 g/mol. The van der Waals surface area contributed by atoms with Gasteiger partial charge >= 0.3 is 0 Å². The number of fused-ring (bicyclic) bond motifs is 1. The van der Waals surface area contributed by atoms with Gasteiger partial charge in [0.25, 0.3) is 5.78 Å². The molecule has 0 aliphatic carbocycles. The Morgan fingerprint density at radius 1 is 1.38 bits per heavy atom. The second-order valence-electron chi connectivity index (χ2n) is 4.83. The number of hydrogen-bond acceptors (Lipinski definition) is 5. The van der Waals surface area contributed by atoms with Crippen LogP contribution in [0.5, 0.6) is 0 Å². The molecule has 7 nitrogen and oxygen atoms in total. The molecule has 0 spiro atoms. The molecule has 110 valence electrons. The molecule has 0 saturated carbocycles. The van der Waals surface area contributed by atoms with E-state index in [9.17, 15) is 0 Å². The monoisotopic (exact) mass is 305 g/mol. The molecule has 0 fully saturated rings. The van der Waals surface area contributed by atoms with E-state index in [2.05, 4.69) is 32.4 Å². The van der Waals surface area contributed by atoms with Crippen LogP contribution in [-0.4, -0.2) is 29.4 Å². The van der Waals surface area contributed by atoms with Crippen molar-refractivity contribution in [3.05, 3.63) is 34.5 Å². The number of nitrogens with one attached hydrogen (secondary N) is 1. The van der Waals surface area contributed by atoms with E-state index >= 15 is 0 Å². The minimum absolute atomic E-state index is 0.430. The summed E-state index contributed by atoms with van der Waals surface area (Å²) in [7, 11) is 1.92. The molecule has 0 unspecified atom stereocenters. The number of hydrogen-bond donors (Lipinski definition) is 1. The van der Waals surface area contributed by atoms with Crippen molar-refractivity contribution in [2.45, 2.75) is 26.8 Å². The van der Waals surface area contributed by atoms with E-state index in [-0.39, 0.29) is 0 Å². The fraction of sp³-hybridized carbons (Fsp3) is 0.385. The van der Waals surface area contributed by atoms with Gasteiger partial charge in [0, 0.05) is 30.9 Å². The largest absolute Gasteiger partial charge is 0.365 e. The van der Waals surface area contributed by atoms with Crippen LogP contribution in [0.15, 0.2) is 12.5 Å². The van der Waals surface area contributed by atoms with Crippen LogP contribution >= 0.6 is 11.6 Å². The average molecular weight is 306 g/mol. The van der Waals surface area contributed by atoms with Crippen LogP contribution in [0.4, 0.5) is 5.82 Å². The highest BCUT2D eigenvalue weighted by atomic mass is 35.5. The lowest BCUT2D eigenvalue weighted by atomic mass is 10.2. The number of rotatable bonds is 4. The van der Waals surface area contributed by atoms with E-state index in [4.69, 9.17) is 11.6 Å². The van der Waals surface area contributed by atoms with Gasteiger partial charge in [0.15, 0.2) is 0 Å². The molecule has 0 bridgehead atoms. The molecule has 8 heteroatoms. The van der Waals surface area contributed by atoms with Gasteiger partial charge in [-0.2, -0.15) is 24.7 Å². The first-order valence-corrected chi connectivity index (χ1v) is 7.09. The van der Waals surface area contributed by atoms with Crippen molar-refractivity contribution in [2.24, 2.45) is 7.05 Å². The summed E-state index contributed by atoms with van der Waals surface area (Å²) in [6, 6.07) is 0. The first kappa shape index (κ1) is 13.8.